The summed E-state index contributed by atoms with van der Waals surface area (Å²) in [6.45, 7) is 16.3. The maximum absolute atomic E-state index is 11.3. The van der Waals surface area contributed by atoms with Crippen LogP contribution in [0.3, 0.4) is 0 Å². The molecule has 0 aromatic rings. The second kappa shape index (κ2) is 8.76. The topological polar surface area (TPSA) is 54.0 Å². The third-order valence-electron chi connectivity index (χ3n) is 2.20. The van der Waals surface area contributed by atoms with E-state index in [1.54, 1.807) is 20.8 Å². The van der Waals surface area contributed by atoms with Gasteiger partial charge in [0.15, 0.2) is 0 Å². The van der Waals surface area contributed by atoms with E-state index in [2.05, 4.69) is 13.2 Å². The molecule has 0 amide bonds. The molecule has 2 atom stereocenters. The first-order valence-electron chi connectivity index (χ1n) is 6.61. The summed E-state index contributed by atoms with van der Waals surface area (Å²) < 4.78 is 21.7. The van der Waals surface area contributed by atoms with E-state index in [4.69, 9.17) is 18.9 Å². The highest BCUT2D eigenvalue weighted by Crippen LogP contribution is 2.19. The lowest BCUT2D eigenvalue weighted by Crippen LogP contribution is -2.43. The van der Waals surface area contributed by atoms with Gasteiger partial charge in [0.2, 0.25) is 5.79 Å². The second-order valence-corrected chi connectivity index (χ2v) is 5.09. The highest BCUT2D eigenvalue weighted by molar-refractivity contribution is 5.86. The molecule has 0 N–H and O–H groups in total. The second-order valence-electron chi connectivity index (χ2n) is 5.09. The minimum absolute atomic E-state index is 0.0291. The van der Waals surface area contributed by atoms with Crippen molar-refractivity contribution in [2.24, 2.45) is 0 Å². The van der Waals surface area contributed by atoms with Crippen LogP contribution in [0.4, 0.5) is 0 Å². The molecule has 0 aromatic carbocycles. The van der Waals surface area contributed by atoms with Gasteiger partial charge < -0.3 is 18.9 Å². The van der Waals surface area contributed by atoms with Gasteiger partial charge in [-0.15, -0.1) is 0 Å². The third-order valence-corrected chi connectivity index (χ3v) is 2.20. The van der Waals surface area contributed by atoms with Crippen molar-refractivity contribution in [3.05, 3.63) is 25.0 Å². The fourth-order valence-corrected chi connectivity index (χ4v) is 1.58. The molecule has 0 aliphatic rings. The van der Waals surface area contributed by atoms with Gasteiger partial charge in [-0.3, -0.25) is 0 Å². The average Bonchev–Trinajstić information content (AvgIpc) is 2.32. The van der Waals surface area contributed by atoms with Crippen molar-refractivity contribution in [2.75, 3.05) is 13.2 Å². The van der Waals surface area contributed by atoms with Gasteiger partial charge >= 0.3 is 5.97 Å². The van der Waals surface area contributed by atoms with Gasteiger partial charge in [0.05, 0.1) is 18.5 Å². The van der Waals surface area contributed by atoms with Crippen LogP contribution in [0.5, 0.6) is 0 Å². The molecule has 0 fully saturated rings. The highest BCUT2D eigenvalue weighted by Gasteiger charge is 2.31. The van der Waals surface area contributed by atoms with Gasteiger partial charge in [-0.1, -0.05) is 13.2 Å². The average molecular weight is 286 g/mol. The van der Waals surface area contributed by atoms with Crippen molar-refractivity contribution in [1.82, 2.24) is 0 Å². The maximum Gasteiger partial charge on any atom is 0.333 e. The summed E-state index contributed by atoms with van der Waals surface area (Å²) in [5.41, 5.74) is 0.355. The molecular formula is C15H26O5. The molecule has 0 spiro atoms. The largest absolute Gasteiger partial charge is 0.496 e. The Labute approximate surface area is 121 Å². The number of esters is 1. The van der Waals surface area contributed by atoms with E-state index in [1.165, 1.54) is 6.26 Å². The van der Waals surface area contributed by atoms with Crippen LogP contribution in [0, 0.1) is 0 Å². The number of carbonyl (C=O) groups excluding carboxylic acids is 1. The summed E-state index contributed by atoms with van der Waals surface area (Å²) in [7, 11) is 0. The summed E-state index contributed by atoms with van der Waals surface area (Å²) in [5, 5.41) is 0. The molecule has 0 saturated heterocycles. The van der Waals surface area contributed by atoms with Crippen LogP contribution in [0.2, 0.25) is 0 Å². The number of rotatable bonds is 10. The zero-order valence-electron chi connectivity index (χ0n) is 13.1. The number of hydrogen-bond donors (Lipinski definition) is 0. The van der Waals surface area contributed by atoms with Crippen LogP contribution >= 0.6 is 0 Å². The van der Waals surface area contributed by atoms with Crippen LogP contribution < -0.4 is 0 Å². The quantitative estimate of drug-likeness (QED) is 0.267. The van der Waals surface area contributed by atoms with E-state index in [0.717, 1.165) is 0 Å². The normalized spacial score (nSPS) is 15.3. The molecule has 5 nitrogen and oxygen atoms in total. The summed E-state index contributed by atoms with van der Waals surface area (Å²) in [4.78, 5) is 11.3. The van der Waals surface area contributed by atoms with Crippen molar-refractivity contribution in [3.63, 3.8) is 0 Å². The van der Waals surface area contributed by atoms with E-state index in [1.807, 2.05) is 13.8 Å². The lowest BCUT2D eigenvalue weighted by atomic mass is 10.3. The molecule has 0 saturated carbocycles. The molecule has 0 bridgehead atoms. The molecule has 0 radical (unpaired) electrons. The standard InChI is InChI=1S/C15H26O5/c1-8-17-10-15(7,19-12(4)5)20-13(6)9-18-14(16)11(2)3/h8,12-13H,1-2,9-10H2,3-7H3. The van der Waals surface area contributed by atoms with Gasteiger partial charge in [0, 0.05) is 5.57 Å². The van der Waals surface area contributed by atoms with Crippen molar-refractivity contribution in [3.8, 4) is 0 Å². The summed E-state index contributed by atoms with van der Waals surface area (Å²) in [6, 6.07) is 0. The number of carbonyl (C=O) groups is 1. The van der Waals surface area contributed by atoms with Crippen molar-refractivity contribution in [1.29, 1.82) is 0 Å². The Hall–Kier alpha value is -1.33. The van der Waals surface area contributed by atoms with Crippen LogP contribution in [0.1, 0.15) is 34.6 Å². The van der Waals surface area contributed by atoms with Crippen molar-refractivity contribution in [2.45, 2.75) is 52.6 Å². The molecule has 2 unspecified atom stereocenters. The van der Waals surface area contributed by atoms with Crippen molar-refractivity contribution >= 4 is 5.97 Å². The first kappa shape index (κ1) is 18.7. The summed E-state index contributed by atoms with van der Waals surface area (Å²) in [6.07, 6.45) is 0.964. The monoisotopic (exact) mass is 286 g/mol. The molecule has 0 rings (SSSR count). The van der Waals surface area contributed by atoms with Gasteiger partial charge in [0.25, 0.3) is 0 Å². The van der Waals surface area contributed by atoms with Crippen LogP contribution in [0.25, 0.3) is 0 Å². The molecule has 5 heteroatoms. The Morgan fingerprint density at radius 1 is 1.30 bits per heavy atom. The Morgan fingerprint density at radius 3 is 2.35 bits per heavy atom. The smallest absolute Gasteiger partial charge is 0.333 e. The zero-order valence-corrected chi connectivity index (χ0v) is 13.1. The Bertz CT molecular complexity index is 337. The molecule has 0 heterocycles. The lowest BCUT2D eigenvalue weighted by Gasteiger charge is -2.33. The van der Waals surface area contributed by atoms with E-state index in [0.29, 0.717) is 5.57 Å². The Morgan fingerprint density at radius 2 is 1.90 bits per heavy atom. The number of ether oxygens (including phenoxy) is 4. The van der Waals surface area contributed by atoms with E-state index in [9.17, 15) is 4.79 Å². The van der Waals surface area contributed by atoms with E-state index < -0.39 is 11.8 Å². The third kappa shape index (κ3) is 7.96. The Kier molecular flexibility index (Phi) is 8.18. The SMILES string of the molecule is C=COCC(C)(OC(C)C)OC(C)COC(=O)C(=C)C. The Balaban J connectivity index is 4.44. The van der Waals surface area contributed by atoms with Crippen LogP contribution in [-0.2, 0) is 23.7 Å². The fraction of sp³-hybridized carbons (Fsp3) is 0.667. The lowest BCUT2D eigenvalue weighted by molar-refractivity contribution is -0.279. The van der Waals surface area contributed by atoms with Crippen molar-refractivity contribution < 1.29 is 23.7 Å². The van der Waals surface area contributed by atoms with E-state index in [-0.39, 0.29) is 25.4 Å². The highest BCUT2D eigenvalue weighted by atomic mass is 16.7. The predicted molar refractivity (Wildman–Crippen MR) is 77.1 cm³/mol. The fourth-order valence-electron chi connectivity index (χ4n) is 1.58. The molecule has 0 aliphatic carbocycles. The molecule has 0 aliphatic heterocycles. The zero-order chi connectivity index (χ0) is 15.8. The van der Waals surface area contributed by atoms with Gasteiger partial charge in [0.1, 0.15) is 13.2 Å². The van der Waals surface area contributed by atoms with Gasteiger partial charge in [-0.25, -0.2) is 4.79 Å². The molecular weight excluding hydrogens is 260 g/mol. The summed E-state index contributed by atoms with van der Waals surface area (Å²) in [5.74, 6) is -1.37. The van der Waals surface area contributed by atoms with E-state index >= 15 is 0 Å². The molecule has 116 valence electrons. The minimum Gasteiger partial charge on any atom is -0.496 e. The maximum atomic E-state index is 11.3. The van der Waals surface area contributed by atoms with Crippen LogP contribution in [-0.4, -0.2) is 37.2 Å². The van der Waals surface area contributed by atoms with Gasteiger partial charge in [-0.05, 0) is 34.6 Å². The summed E-state index contributed by atoms with van der Waals surface area (Å²) >= 11 is 0. The van der Waals surface area contributed by atoms with Gasteiger partial charge in [-0.2, -0.15) is 0 Å². The first-order chi connectivity index (χ1) is 9.20. The number of hydrogen-bond acceptors (Lipinski definition) is 5. The minimum atomic E-state index is -0.933. The van der Waals surface area contributed by atoms with Crippen LogP contribution in [0.15, 0.2) is 25.0 Å². The molecule has 20 heavy (non-hydrogen) atoms. The predicted octanol–water partition coefficient (Wildman–Crippen LogP) is 2.81. The molecule has 0 aromatic heterocycles. The first-order valence-corrected chi connectivity index (χ1v) is 6.61.